The van der Waals surface area contributed by atoms with E-state index in [2.05, 4.69) is 5.32 Å². The first-order chi connectivity index (χ1) is 11.5. The predicted molar refractivity (Wildman–Crippen MR) is 76.8 cm³/mol. The number of carbonyl (C=O) groups is 4. The van der Waals surface area contributed by atoms with Gasteiger partial charge in [0.05, 0.1) is 5.56 Å². The van der Waals surface area contributed by atoms with E-state index < -0.39 is 53.3 Å². The average Bonchev–Trinajstić information content (AvgIpc) is 2.70. The first kappa shape index (κ1) is 18.2. The van der Waals surface area contributed by atoms with Crippen LogP contribution in [0.5, 0.6) is 0 Å². The fraction of sp³-hybridized carbons (Fsp3) is 0.286. The van der Waals surface area contributed by atoms with Crippen LogP contribution >= 0.6 is 0 Å². The van der Waals surface area contributed by atoms with Gasteiger partial charge in [-0.2, -0.15) is 13.2 Å². The van der Waals surface area contributed by atoms with Crippen molar-refractivity contribution in [1.29, 1.82) is 0 Å². The number of nitrogens with one attached hydrogen (secondary N) is 2. The molecule has 0 bridgehead atoms. The Kier molecular flexibility index (Phi) is 4.43. The monoisotopic (exact) mass is 358 g/mol. The Labute approximate surface area is 139 Å². The van der Waals surface area contributed by atoms with Crippen LogP contribution in [0.3, 0.4) is 0 Å². The van der Waals surface area contributed by atoms with Crippen LogP contribution in [-0.4, -0.2) is 35.3 Å². The molecular weight excluding hydrogens is 345 g/mol. The van der Waals surface area contributed by atoms with E-state index in [4.69, 9.17) is 5.73 Å². The van der Waals surface area contributed by atoms with Crippen molar-refractivity contribution in [2.45, 2.75) is 18.6 Å². The van der Waals surface area contributed by atoms with E-state index in [-0.39, 0.29) is 0 Å². The highest BCUT2D eigenvalue weighted by atomic mass is 19.4. The van der Waals surface area contributed by atoms with E-state index in [0.29, 0.717) is 4.90 Å². The summed E-state index contributed by atoms with van der Waals surface area (Å²) in [6.07, 6.45) is -4.75. The van der Waals surface area contributed by atoms with Gasteiger partial charge in [-0.05, 0) is 18.6 Å². The predicted octanol–water partition coefficient (Wildman–Crippen LogP) is 0.667. The van der Waals surface area contributed by atoms with Crippen molar-refractivity contribution in [3.63, 3.8) is 0 Å². The van der Waals surface area contributed by atoms with Gasteiger partial charge in [-0.25, -0.2) is 9.59 Å². The summed E-state index contributed by atoms with van der Waals surface area (Å²) in [5, 5.41) is 3.82. The van der Waals surface area contributed by atoms with Crippen molar-refractivity contribution in [3.8, 4) is 0 Å². The molecule has 1 aromatic carbocycles. The highest BCUT2D eigenvalue weighted by Crippen LogP contribution is 2.39. The summed E-state index contributed by atoms with van der Waals surface area (Å²) < 4.78 is 39.6. The smallest absolute Gasteiger partial charge is 0.351 e. The second-order valence-electron chi connectivity index (χ2n) is 5.40. The number of alkyl halides is 3. The molecule has 25 heavy (non-hydrogen) atoms. The van der Waals surface area contributed by atoms with Crippen LogP contribution < -0.4 is 16.4 Å². The summed E-state index contributed by atoms with van der Waals surface area (Å²) in [7, 11) is 0. The maximum Gasteiger partial charge on any atom is 0.416 e. The Morgan fingerprint density at radius 3 is 2.44 bits per heavy atom. The van der Waals surface area contributed by atoms with E-state index in [1.54, 1.807) is 5.32 Å². The molecule has 11 heteroatoms. The van der Waals surface area contributed by atoms with Gasteiger partial charge in [0.15, 0.2) is 0 Å². The number of benzene rings is 1. The summed E-state index contributed by atoms with van der Waals surface area (Å²) in [6.45, 7) is 0.237. The number of nitrogens with zero attached hydrogens (tertiary/aromatic N) is 1. The van der Waals surface area contributed by atoms with Gasteiger partial charge in [0.2, 0.25) is 5.91 Å². The molecule has 1 aliphatic heterocycles. The van der Waals surface area contributed by atoms with Crippen molar-refractivity contribution in [3.05, 3.63) is 35.4 Å². The van der Waals surface area contributed by atoms with Crippen molar-refractivity contribution >= 4 is 23.9 Å². The number of amides is 6. The van der Waals surface area contributed by atoms with Gasteiger partial charge < -0.3 is 11.1 Å². The number of hydrogen-bond acceptors (Lipinski definition) is 4. The lowest BCUT2D eigenvalue weighted by Gasteiger charge is -2.25. The molecule has 1 saturated heterocycles. The van der Waals surface area contributed by atoms with E-state index >= 15 is 0 Å². The normalized spacial score (nSPS) is 20.4. The molecule has 1 aromatic rings. The van der Waals surface area contributed by atoms with Crippen LogP contribution in [0.1, 0.15) is 18.1 Å². The molecule has 0 saturated carbocycles. The topological polar surface area (TPSA) is 122 Å². The SMILES string of the molecule is C[C@@]1(c2ccccc2C(F)(F)F)NC(=O)N(CC(=O)NC(N)=O)C1=O. The van der Waals surface area contributed by atoms with E-state index in [9.17, 15) is 32.3 Å². The number of nitrogens with two attached hydrogens (primary N) is 1. The van der Waals surface area contributed by atoms with Crippen molar-refractivity contribution in [2.24, 2.45) is 5.73 Å². The zero-order chi connectivity index (χ0) is 19.0. The third kappa shape index (κ3) is 3.39. The Balaban J connectivity index is 2.38. The van der Waals surface area contributed by atoms with Gasteiger partial charge in [0.1, 0.15) is 12.1 Å². The second kappa shape index (κ2) is 6.07. The molecule has 0 unspecified atom stereocenters. The summed E-state index contributed by atoms with van der Waals surface area (Å²) in [4.78, 5) is 47.0. The third-order valence-corrected chi connectivity index (χ3v) is 3.61. The van der Waals surface area contributed by atoms with E-state index in [1.807, 2.05) is 0 Å². The molecule has 1 heterocycles. The molecule has 1 atom stereocenters. The number of hydrogen-bond donors (Lipinski definition) is 3. The Morgan fingerprint density at radius 1 is 1.28 bits per heavy atom. The average molecular weight is 358 g/mol. The fourth-order valence-corrected chi connectivity index (χ4v) is 2.51. The molecule has 4 N–H and O–H groups in total. The molecule has 8 nitrogen and oxygen atoms in total. The highest BCUT2D eigenvalue weighted by molar-refractivity contribution is 6.10. The maximum absolute atomic E-state index is 13.2. The standard InChI is InChI=1S/C14H13F3N4O4/c1-13(7-4-2-3-5-8(7)14(15,16)17)10(23)21(12(25)20-13)6-9(22)19-11(18)24/h2-5H,6H2,1H3,(H,20,25)(H3,18,19,22,24)/t13-/m0/s1. The minimum atomic E-state index is -4.75. The van der Waals surface area contributed by atoms with Gasteiger partial charge in [-0.15, -0.1) is 0 Å². The molecule has 1 aliphatic rings. The fourth-order valence-electron chi connectivity index (χ4n) is 2.51. The molecule has 134 valence electrons. The van der Waals surface area contributed by atoms with Gasteiger partial charge >= 0.3 is 18.2 Å². The van der Waals surface area contributed by atoms with Gasteiger partial charge in [0, 0.05) is 0 Å². The van der Waals surface area contributed by atoms with Crippen molar-refractivity contribution in [2.75, 3.05) is 6.54 Å². The zero-order valence-electron chi connectivity index (χ0n) is 12.8. The summed E-state index contributed by atoms with van der Waals surface area (Å²) in [6, 6.07) is 2.02. The quantitative estimate of drug-likeness (QED) is 0.688. The molecule has 0 radical (unpaired) electrons. The number of carbonyl (C=O) groups excluding carboxylic acids is 4. The first-order valence-electron chi connectivity index (χ1n) is 6.87. The summed E-state index contributed by atoms with van der Waals surface area (Å²) in [5.74, 6) is -2.11. The molecule has 0 aromatic heterocycles. The number of rotatable bonds is 3. The van der Waals surface area contributed by atoms with Crippen LogP contribution in [0.15, 0.2) is 24.3 Å². The number of imide groups is 2. The zero-order valence-corrected chi connectivity index (χ0v) is 12.8. The molecule has 0 spiro atoms. The molecular formula is C14H13F3N4O4. The van der Waals surface area contributed by atoms with Crippen LogP contribution in [0, 0.1) is 0 Å². The third-order valence-electron chi connectivity index (χ3n) is 3.61. The lowest BCUT2D eigenvalue weighted by Crippen LogP contribution is -2.46. The lowest BCUT2D eigenvalue weighted by molar-refractivity contribution is -0.140. The minimum Gasteiger partial charge on any atom is -0.351 e. The molecule has 6 amide bonds. The van der Waals surface area contributed by atoms with E-state index in [1.165, 1.54) is 6.07 Å². The van der Waals surface area contributed by atoms with E-state index in [0.717, 1.165) is 25.1 Å². The summed E-state index contributed by atoms with van der Waals surface area (Å²) >= 11 is 0. The second-order valence-corrected chi connectivity index (χ2v) is 5.40. The van der Waals surface area contributed by atoms with Gasteiger partial charge in [-0.3, -0.25) is 19.8 Å². The Bertz CT molecular complexity index is 765. The Hall–Kier alpha value is -3.11. The highest BCUT2D eigenvalue weighted by Gasteiger charge is 2.52. The van der Waals surface area contributed by atoms with Crippen LogP contribution in [0.25, 0.3) is 0 Å². The molecule has 2 rings (SSSR count). The molecule has 0 aliphatic carbocycles. The number of urea groups is 2. The van der Waals surface area contributed by atoms with Crippen molar-refractivity contribution < 1.29 is 32.3 Å². The van der Waals surface area contributed by atoms with Gasteiger partial charge in [-0.1, -0.05) is 18.2 Å². The van der Waals surface area contributed by atoms with Crippen LogP contribution in [-0.2, 0) is 21.3 Å². The van der Waals surface area contributed by atoms with Gasteiger partial charge in [0.25, 0.3) is 5.91 Å². The number of halogens is 3. The maximum atomic E-state index is 13.2. The summed E-state index contributed by atoms with van der Waals surface area (Å²) in [5.41, 5.74) is 1.18. The lowest BCUT2D eigenvalue weighted by atomic mass is 9.87. The van der Waals surface area contributed by atoms with Crippen LogP contribution in [0.2, 0.25) is 0 Å². The Morgan fingerprint density at radius 2 is 1.88 bits per heavy atom. The minimum absolute atomic E-state index is 0.408. The largest absolute Gasteiger partial charge is 0.416 e. The first-order valence-corrected chi connectivity index (χ1v) is 6.87. The number of primary amides is 1. The van der Waals surface area contributed by atoms with Crippen molar-refractivity contribution in [1.82, 2.24) is 15.5 Å². The molecule has 1 fully saturated rings. The van der Waals surface area contributed by atoms with Crippen LogP contribution in [0.4, 0.5) is 22.8 Å².